The summed E-state index contributed by atoms with van der Waals surface area (Å²) in [4.78, 5) is 24.5. The van der Waals surface area contributed by atoms with Gasteiger partial charge in [-0.25, -0.2) is 14.2 Å². The van der Waals surface area contributed by atoms with Crippen molar-refractivity contribution in [2.75, 3.05) is 7.11 Å². The number of hydrogen-bond acceptors (Lipinski definition) is 4. The zero-order valence-electron chi connectivity index (χ0n) is 12.3. The summed E-state index contributed by atoms with van der Waals surface area (Å²) in [6.45, 7) is 5.33. The van der Waals surface area contributed by atoms with E-state index in [1.54, 1.807) is 32.9 Å². The van der Waals surface area contributed by atoms with Crippen LogP contribution in [0.25, 0.3) is 10.9 Å². The topological polar surface area (TPSA) is 57.5 Å². The number of methoxy groups -OCH3 is 1. The number of hydrogen-bond donors (Lipinski definition) is 0. The SMILES string of the molecule is COC(=O)c1c(I)c2ccccc2n1C(=O)OC(C)(C)C. The summed E-state index contributed by atoms with van der Waals surface area (Å²) in [6, 6.07) is 7.28. The fraction of sp³-hybridized carbons (Fsp3) is 0.333. The predicted molar refractivity (Wildman–Crippen MR) is 87.6 cm³/mol. The minimum absolute atomic E-state index is 0.188. The van der Waals surface area contributed by atoms with Crippen LogP contribution in [0.15, 0.2) is 24.3 Å². The van der Waals surface area contributed by atoms with Crippen LogP contribution in [0.5, 0.6) is 0 Å². The molecule has 0 atom stereocenters. The van der Waals surface area contributed by atoms with Gasteiger partial charge in [0.15, 0.2) is 5.69 Å². The largest absolute Gasteiger partial charge is 0.464 e. The summed E-state index contributed by atoms with van der Waals surface area (Å²) in [5, 5.41) is 0.810. The zero-order chi connectivity index (χ0) is 15.8. The van der Waals surface area contributed by atoms with E-state index in [1.165, 1.54) is 11.7 Å². The standard InChI is InChI=1S/C15H16INO4/c1-15(2,3)21-14(19)17-10-8-6-5-7-9(10)11(16)12(17)13(18)20-4/h5-8H,1-4H3. The molecule has 0 N–H and O–H groups in total. The molecule has 112 valence electrons. The van der Waals surface area contributed by atoms with Crippen LogP contribution in [0.2, 0.25) is 0 Å². The first-order valence-electron chi connectivity index (χ1n) is 6.37. The van der Waals surface area contributed by atoms with E-state index in [0.29, 0.717) is 9.09 Å². The van der Waals surface area contributed by atoms with Crippen molar-refractivity contribution in [1.82, 2.24) is 4.57 Å². The maximum atomic E-state index is 12.5. The number of halogens is 1. The molecule has 0 aliphatic heterocycles. The Balaban J connectivity index is 2.70. The fourth-order valence-corrected chi connectivity index (χ4v) is 2.89. The number of ether oxygens (including phenoxy) is 2. The van der Waals surface area contributed by atoms with Crippen molar-refractivity contribution >= 4 is 45.6 Å². The van der Waals surface area contributed by atoms with E-state index in [4.69, 9.17) is 9.47 Å². The Morgan fingerprint density at radius 3 is 2.38 bits per heavy atom. The number of carbonyl (C=O) groups excluding carboxylic acids is 2. The van der Waals surface area contributed by atoms with Gasteiger partial charge in [-0.2, -0.15) is 0 Å². The van der Waals surface area contributed by atoms with Gasteiger partial charge < -0.3 is 9.47 Å². The third-order valence-electron chi connectivity index (χ3n) is 2.77. The minimum atomic E-state index is -0.652. The van der Waals surface area contributed by atoms with Gasteiger partial charge in [-0.3, -0.25) is 0 Å². The summed E-state index contributed by atoms with van der Waals surface area (Å²) < 4.78 is 12.1. The highest BCUT2D eigenvalue weighted by Crippen LogP contribution is 2.29. The third kappa shape index (κ3) is 3.04. The molecule has 1 aromatic heterocycles. The van der Waals surface area contributed by atoms with Crippen molar-refractivity contribution in [1.29, 1.82) is 0 Å². The average Bonchev–Trinajstić information content (AvgIpc) is 2.70. The van der Waals surface area contributed by atoms with E-state index < -0.39 is 17.7 Å². The molecule has 2 rings (SSSR count). The van der Waals surface area contributed by atoms with Gasteiger partial charge in [-0.15, -0.1) is 0 Å². The Bertz CT molecular complexity index is 712. The highest BCUT2D eigenvalue weighted by molar-refractivity contribution is 14.1. The molecule has 21 heavy (non-hydrogen) atoms. The van der Waals surface area contributed by atoms with Gasteiger partial charge in [-0.1, -0.05) is 18.2 Å². The van der Waals surface area contributed by atoms with Crippen molar-refractivity contribution < 1.29 is 19.1 Å². The minimum Gasteiger partial charge on any atom is -0.464 e. The van der Waals surface area contributed by atoms with E-state index in [0.717, 1.165) is 5.39 Å². The maximum Gasteiger partial charge on any atom is 0.419 e. The lowest BCUT2D eigenvalue weighted by Crippen LogP contribution is -2.29. The molecule has 1 heterocycles. The maximum absolute atomic E-state index is 12.5. The molecule has 0 radical (unpaired) electrons. The summed E-state index contributed by atoms with van der Waals surface area (Å²) in [5.74, 6) is -0.568. The van der Waals surface area contributed by atoms with Crippen molar-refractivity contribution in [3.8, 4) is 0 Å². The Kier molecular flexibility index (Phi) is 4.27. The van der Waals surface area contributed by atoms with Crippen LogP contribution < -0.4 is 0 Å². The van der Waals surface area contributed by atoms with Crippen LogP contribution in [0.1, 0.15) is 31.3 Å². The summed E-state index contributed by atoms with van der Waals surface area (Å²) in [5.41, 5.74) is 0.159. The van der Waals surface area contributed by atoms with E-state index in [-0.39, 0.29) is 5.69 Å². The lowest BCUT2D eigenvalue weighted by atomic mass is 10.2. The number of esters is 1. The molecule has 0 aliphatic carbocycles. The number of rotatable bonds is 1. The molecule has 2 aromatic rings. The van der Waals surface area contributed by atoms with Gasteiger partial charge in [0.2, 0.25) is 0 Å². The van der Waals surface area contributed by atoms with Crippen molar-refractivity contribution in [2.45, 2.75) is 26.4 Å². The molecule has 0 aliphatic rings. The van der Waals surface area contributed by atoms with Crippen LogP contribution >= 0.6 is 22.6 Å². The Labute approximate surface area is 136 Å². The summed E-state index contributed by atoms with van der Waals surface area (Å²) in [7, 11) is 1.29. The summed E-state index contributed by atoms with van der Waals surface area (Å²) >= 11 is 2.04. The van der Waals surface area contributed by atoms with Crippen LogP contribution in [-0.4, -0.2) is 29.3 Å². The first-order valence-corrected chi connectivity index (χ1v) is 7.44. The fourth-order valence-electron chi connectivity index (χ4n) is 1.98. The first-order chi connectivity index (χ1) is 9.76. The predicted octanol–water partition coefficient (Wildman–Crippen LogP) is 3.82. The van der Waals surface area contributed by atoms with Gasteiger partial charge in [0.05, 0.1) is 16.2 Å². The summed E-state index contributed by atoms with van der Waals surface area (Å²) in [6.07, 6.45) is -0.595. The van der Waals surface area contributed by atoms with Crippen LogP contribution in [0.4, 0.5) is 4.79 Å². The number of para-hydroxylation sites is 1. The van der Waals surface area contributed by atoms with Gasteiger partial charge in [-0.05, 0) is 49.4 Å². The van der Waals surface area contributed by atoms with Gasteiger partial charge in [0, 0.05) is 5.39 Å². The lowest BCUT2D eigenvalue weighted by Gasteiger charge is -2.20. The molecule has 0 saturated heterocycles. The molecule has 0 spiro atoms. The highest BCUT2D eigenvalue weighted by atomic mass is 127. The number of fused-ring (bicyclic) bond motifs is 1. The molecule has 0 saturated carbocycles. The van der Waals surface area contributed by atoms with E-state index in [2.05, 4.69) is 0 Å². The van der Waals surface area contributed by atoms with Gasteiger partial charge in [0.1, 0.15) is 5.60 Å². The quantitative estimate of drug-likeness (QED) is 0.539. The molecule has 1 aromatic carbocycles. The number of carbonyl (C=O) groups is 2. The molecule has 0 bridgehead atoms. The van der Waals surface area contributed by atoms with E-state index in [1.807, 2.05) is 34.7 Å². The molecule has 0 unspecified atom stereocenters. The third-order valence-corrected chi connectivity index (χ3v) is 3.86. The number of benzene rings is 1. The van der Waals surface area contributed by atoms with Crippen molar-refractivity contribution in [2.24, 2.45) is 0 Å². The average molecular weight is 401 g/mol. The molecular formula is C15H16INO4. The smallest absolute Gasteiger partial charge is 0.419 e. The molecule has 0 amide bonds. The molecule has 5 nitrogen and oxygen atoms in total. The van der Waals surface area contributed by atoms with E-state index >= 15 is 0 Å². The molecule has 0 fully saturated rings. The number of nitrogens with zero attached hydrogens (tertiary/aromatic N) is 1. The first kappa shape index (κ1) is 15.8. The second kappa shape index (κ2) is 5.67. The van der Waals surface area contributed by atoms with Crippen molar-refractivity contribution in [3.05, 3.63) is 33.5 Å². The Hall–Kier alpha value is -1.57. The van der Waals surface area contributed by atoms with Gasteiger partial charge in [0.25, 0.3) is 0 Å². The van der Waals surface area contributed by atoms with Crippen LogP contribution in [0.3, 0.4) is 0 Å². The van der Waals surface area contributed by atoms with Gasteiger partial charge >= 0.3 is 12.1 Å². The highest BCUT2D eigenvalue weighted by Gasteiger charge is 2.28. The van der Waals surface area contributed by atoms with Crippen LogP contribution in [0, 0.1) is 3.57 Å². The monoisotopic (exact) mass is 401 g/mol. The van der Waals surface area contributed by atoms with Crippen LogP contribution in [-0.2, 0) is 9.47 Å². The lowest BCUT2D eigenvalue weighted by molar-refractivity contribution is 0.0488. The Morgan fingerprint density at radius 2 is 1.81 bits per heavy atom. The zero-order valence-corrected chi connectivity index (χ0v) is 14.4. The van der Waals surface area contributed by atoms with Crippen molar-refractivity contribution in [3.63, 3.8) is 0 Å². The second-order valence-electron chi connectivity index (χ2n) is 5.49. The second-order valence-corrected chi connectivity index (χ2v) is 6.57. The Morgan fingerprint density at radius 1 is 1.19 bits per heavy atom. The molecule has 6 heteroatoms. The molecular weight excluding hydrogens is 385 g/mol. The van der Waals surface area contributed by atoms with E-state index in [9.17, 15) is 9.59 Å². The normalized spacial score (nSPS) is 11.5. The number of aromatic nitrogens is 1.